The van der Waals surface area contributed by atoms with E-state index in [1.54, 1.807) is 27.7 Å². The number of carbonyl (C=O) groups excluding carboxylic acids is 1. The molecule has 24 heavy (non-hydrogen) atoms. The number of ether oxygens (including phenoxy) is 1. The van der Waals surface area contributed by atoms with Crippen molar-refractivity contribution in [1.82, 2.24) is 5.32 Å². The number of non-ortho nitro benzene ring substituents is 1. The molecule has 0 aliphatic rings. The van der Waals surface area contributed by atoms with E-state index in [0.717, 1.165) is 0 Å². The minimum absolute atomic E-state index is 0.0178. The van der Waals surface area contributed by atoms with Gasteiger partial charge in [0.2, 0.25) is 0 Å². The summed E-state index contributed by atoms with van der Waals surface area (Å²) in [4.78, 5) is 33.9. The summed E-state index contributed by atoms with van der Waals surface area (Å²) in [5.74, 6) is -1.20. The molecule has 1 aromatic rings. The highest BCUT2D eigenvalue weighted by atomic mass is 16.6. The highest BCUT2D eigenvalue weighted by Crippen LogP contribution is 2.21. The second-order valence-electron chi connectivity index (χ2n) is 6.47. The van der Waals surface area contributed by atoms with Crippen molar-refractivity contribution in [3.05, 3.63) is 39.9 Å². The Morgan fingerprint density at radius 1 is 1.25 bits per heavy atom. The Labute approximate surface area is 140 Å². The van der Waals surface area contributed by atoms with E-state index in [4.69, 9.17) is 4.74 Å². The number of carboxylic acids is 1. The average molecular weight is 338 g/mol. The van der Waals surface area contributed by atoms with Crippen LogP contribution in [0, 0.1) is 10.1 Å². The number of carbonyl (C=O) groups is 2. The van der Waals surface area contributed by atoms with Crippen molar-refractivity contribution in [1.29, 1.82) is 0 Å². The zero-order valence-electron chi connectivity index (χ0n) is 14.2. The SMILES string of the molecule is CC[C@@](Cc1ccc([N+](=O)[O-])cc1)(NC(=O)OC(C)(C)C)C(=O)O. The van der Waals surface area contributed by atoms with Gasteiger partial charge in [0.05, 0.1) is 4.92 Å². The first-order chi connectivity index (χ1) is 11.0. The van der Waals surface area contributed by atoms with Crippen LogP contribution in [0.25, 0.3) is 0 Å². The maximum Gasteiger partial charge on any atom is 0.408 e. The molecule has 0 spiro atoms. The Morgan fingerprint density at radius 2 is 1.79 bits per heavy atom. The van der Waals surface area contributed by atoms with Crippen LogP contribution in [0.1, 0.15) is 39.7 Å². The number of aliphatic carboxylic acids is 1. The lowest BCUT2D eigenvalue weighted by molar-refractivity contribution is -0.384. The van der Waals surface area contributed by atoms with Gasteiger partial charge < -0.3 is 15.2 Å². The summed E-state index contributed by atoms with van der Waals surface area (Å²) in [6.07, 6.45) is -0.720. The molecule has 8 heteroatoms. The van der Waals surface area contributed by atoms with Gasteiger partial charge in [0.25, 0.3) is 5.69 Å². The first-order valence-corrected chi connectivity index (χ1v) is 7.47. The van der Waals surface area contributed by atoms with Crippen molar-refractivity contribution in [3.63, 3.8) is 0 Å². The Morgan fingerprint density at radius 3 is 2.17 bits per heavy atom. The van der Waals surface area contributed by atoms with Gasteiger partial charge in [-0.3, -0.25) is 10.1 Å². The maximum atomic E-state index is 12.0. The van der Waals surface area contributed by atoms with Crippen LogP contribution in [-0.4, -0.2) is 33.2 Å². The third kappa shape index (κ3) is 5.22. The molecule has 0 fully saturated rings. The summed E-state index contributed by atoms with van der Waals surface area (Å²) in [6, 6.07) is 5.54. The number of hydrogen-bond acceptors (Lipinski definition) is 5. The van der Waals surface area contributed by atoms with E-state index >= 15 is 0 Å². The first kappa shape index (κ1) is 19.4. The number of alkyl carbamates (subject to hydrolysis) is 1. The molecule has 0 aliphatic carbocycles. The number of hydrogen-bond donors (Lipinski definition) is 2. The van der Waals surface area contributed by atoms with Gasteiger partial charge in [-0.15, -0.1) is 0 Å². The Balaban J connectivity index is 3.01. The lowest BCUT2D eigenvalue weighted by atomic mass is 9.88. The Kier molecular flexibility index (Phi) is 5.89. The fraction of sp³-hybridized carbons (Fsp3) is 0.500. The van der Waals surface area contributed by atoms with Crippen molar-refractivity contribution in [3.8, 4) is 0 Å². The number of nitrogens with zero attached hydrogens (tertiary/aromatic N) is 1. The molecule has 0 bridgehead atoms. The Hall–Kier alpha value is -2.64. The smallest absolute Gasteiger partial charge is 0.408 e. The zero-order chi connectivity index (χ0) is 18.5. The maximum absolute atomic E-state index is 12.0. The van der Waals surface area contributed by atoms with E-state index in [9.17, 15) is 24.8 Å². The highest BCUT2D eigenvalue weighted by Gasteiger charge is 2.39. The second-order valence-corrected chi connectivity index (χ2v) is 6.47. The van der Waals surface area contributed by atoms with Crippen molar-refractivity contribution in [2.24, 2.45) is 0 Å². The molecule has 8 nitrogen and oxygen atoms in total. The molecule has 0 radical (unpaired) electrons. The van der Waals surface area contributed by atoms with Crippen LogP contribution < -0.4 is 5.32 Å². The third-order valence-electron chi connectivity index (χ3n) is 3.41. The topological polar surface area (TPSA) is 119 Å². The normalized spacial score (nSPS) is 13.7. The van der Waals surface area contributed by atoms with E-state index in [-0.39, 0.29) is 18.5 Å². The van der Waals surface area contributed by atoms with Crippen LogP contribution in [0.3, 0.4) is 0 Å². The van der Waals surface area contributed by atoms with Gasteiger partial charge in [-0.2, -0.15) is 0 Å². The summed E-state index contributed by atoms with van der Waals surface area (Å²) in [6.45, 7) is 6.67. The number of carboxylic acid groups (broad SMARTS) is 1. The minimum atomic E-state index is -1.56. The van der Waals surface area contributed by atoms with Crippen LogP contribution in [0.15, 0.2) is 24.3 Å². The van der Waals surface area contributed by atoms with Crippen molar-refractivity contribution in [2.75, 3.05) is 0 Å². The van der Waals surface area contributed by atoms with Crippen molar-refractivity contribution < 1.29 is 24.4 Å². The standard InChI is InChI=1S/C16H22N2O6/c1-5-16(13(19)20,17-14(21)24-15(2,3)4)10-11-6-8-12(9-7-11)18(22)23/h6-9H,5,10H2,1-4H3,(H,17,21)(H,19,20)/t16-/m0/s1. The van der Waals surface area contributed by atoms with E-state index in [2.05, 4.69) is 5.32 Å². The summed E-state index contributed by atoms with van der Waals surface area (Å²) >= 11 is 0. The number of rotatable bonds is 6. The molecule has 0 aromatic heterocycles. The molecule has 0 saturated heterocycles. The molecule has 0 heterocycles. The molecule has 2 N–H and O–H groups in total. The summed E-state index contributed by atoms with van der Waals surface area (Å²) in [5, 5.41) is 22.7. The third-order valence-corrected chi connectivity index (χ3v) is 3.41. The van der Waals surface area contributed by atoms with Crippen molar-refractivity contribution >= 4 is 17.7 Å². The van der Waals surface area contributed by atoms with E-state index in [0.29, 0.717) is 5.56 Å². The largest absolute Gasteiger partial charge is 0.479 e. The van der Waals surface area contributed by atoms with Gasteiger partial charge >= 0.3 is 12.1 Å². The van der Waals surface area contributed by atoms with Gasteiger partial charge in [-0.25, -0.2) is 9.59 Å². The number of benzene rings is 1. The number of nitro benzene ring substituents is 1. The Bertz CT molecular complexity index is 620. The summed E-state index contributed by atoms with van der Waals surface area (Å²) in [5.41, 5.74) is -1.84. The fourth-order valence-electron chi connectivity index (χ4n) is 2.12. The number of nitro groups is 1. The van der Waals surface area contributed by atoms with Crippen LogP contribution in [0.5, 0.6) is 0 Å². The second kappa shape index (κ2) is 7.29. The predicted molar refractivity (Wildman–Crippen MR) is 86.8 cm³/mol. The molecule has 132 valence electrons. The van der Waals surface area contributed by atoms with Gasteiger partial charge in [0.1, 0.15) is 11.1 Å². The van der Waals surface area contributed by atoms with Gasteiger partial charge in [-0.1, -0.05) is 19.1 Å². The fourth-order valence-corrected chi connectivity index (χ4v) is 2.12. The predicted octanol–water partition coefficient (Wildman–Crippen LogP) is 2.90. The van der Waals surface area contributed by atoms with Gasteiger partial charge in [0, 0.05) is 18.6 Å². The van der Waals surface area contributed by atoms with E-state index < -0.39 is 28.1 Å². The molecule has 0 unspecified atom stereocenters. The first-order valence-electron chi connectivity index (χ1n) is 7.47. The van der Waals surface area contributed by atoms with Crippen LogP contribution in [0.4, 0.5) is 10.5 Å². The molecule has 1 rings (SSSR count). The molecular weight excluding hydrogens is 316 g/mol. The van der Waals surface area contributed by atoms with E-state index in [1.165, 1.54) is 24.3 Å². The minimum Gasteiger partial charge on any atom is -0.479 e. The lowest BCUT2D eigenvalue weighted by Crippen LogP contribution is -2.56. The molecule has 1 atom stereocenters. The molecule has 0 aliphatic heterocycles. The highest BCUT2D eigenvalue weighted by molar-refractivity contribution is 5.84. The zero-order valence-corrected chi connectivity index (χ0v) is 14.2. The van der Waals surface area contributed by atoms with Crippen molar-refractivity contribution in [2.45, 2.75) is 51.7 Å². The van der Waals surface area contributed by atoms with Gasteiger partial charge in [0.15, 0.2) is 0 Å². The molecule has 1 amide bonds. The van der Waals surface area contributed by atoms with Crippen LogP contribution in [0.2, 0.25) is 0 Å². The number of nitrogens with one attached hydrogen (secondary N) is 1. The molecule has 0 saturated carbocycles. The van der Waals surface area contributed by atoms with E-state index in [1.807, 2.05) is 0 Å². The van der Waals surface area contributed by atoms with Gasteiger partial charge in [-0.05, 0) is 32.8 Å². The quantitative estimate of drug-likeness (QED) is 0.608. The van der Waals surface area contributed by atoms with Crippen LogP contribution >= 0.6 is 0 Å². The monoisotopic (exact) mass is 338 g/mol. The number of amides is 1. The average Bonchev–Trinajstić information content (AvgIpc) is 2.44. The summed E-state index contributed by atoms with van der Waals surface area (Å²) in [7, 11) is 0. The summed E-state index contributed by atoms with van der Waals surface area (Å²) < 4.78 is 5.13. The molecular formula is C16H22N2O6. The molecule has 1 aromatic carbocycles. The lowest BCUT2D eigenvalue weighted by Gasteiger charge is -2.31. The van der Waals surface area contributed by atoms with Crippen LogP contribution in [-0.2, 0) is 16.0 Å².